The first-order valence-corrected chi connectivity index (χ1v) is 10.3. The Morgan fingerprint density at radius 2 is 2.04 bits per heavy atom. The Balaban J connectivity index is 1.53. The van der Waals surface area contributed by atoms with E-state index in [-0.39, 0.29) is 12.7 Å². The van der Waals surface area contributed by atoms with Gasteiger partial charge in [0.25, 0.3) is 10.0 Å². The van der Waals surface area contributed by atoms with Gasteiger partial charge in [0.1, 0.15) is 4.21 Å². The molecular weight excluding hydrogens is 346 g/mol. The number of sulfonamides is 1. The Morgan fingerprint density at radius 1 is 1.21 bits per heavy atom. The number of benzene rings is 1. The van der Waals surface area contributed by atoms with Gasteiger partial charge in [0.05, 0.1) is 0 Å². The van der Waals surface area contributed by atoms with Crippen LogP contribution in [-0.4, -0.2) is 32.6 Å². The monoisotopic (exact) mass is 365 g/mol. The molecule has 24 heavy (non-hydrogen) atoms. The third-order valence-corrected chi connectivity index (χ3v) is 8.16. The summed E-state index contributed by atoms with van der Waals surface area (Å²) in [5.74, 6) is 1.70. The summed E-state index contributed by atoms with van der Waals surface area (Å²) in [6.45, 7) is 3.36. The fourth-order valence-electron chi connectivity index (χ4n) is 3.20. The van der Waals surface area contributed by atoms with Crippen LogP contribution in [0.4, 0.5) is 0 Å². The first-order chi connectivity index (χ1) is 11.6. The summed E-state index contributed by atoms with van der Waals surface area (Å²) in [6.07, 6.45) is 1.69. The van der Waals surface area contributed by atoms with Crippen molar-refractivity contribution in [1.82, 2.24) is 4.31 Å². The van der Waals surface area contributed by atoms with Crippen LogP contribution in [0.1, 0.15) is 29.7 Å². The molecule has 2 aliphatic rings. The Bertz CT molecular complexity index is 859. The molecule has 0 aliphatic carbocycles. The predicted molar refractivity (Wildman–Crippen MR) is 92.4 cm³/mol. The molecule has 0 bridgehead atoms. The van der Waals surface area contributed by atoms with E-state index in [2.05, 4.69) is 0 Å². The van der Waals surface area contributed by atoms with Crippen LogP contribution in [-0.2, 0) is 16.4 Å². The first-order valence-electron chi connectivity index (χ1n) is 8.06. The normalized spacial score (nSPS) is 20.6. The van der Waals surface area contributed by atoms with E-state index in [0.717, 1.165) is 34.8 Å². The zero-order chi connectivity index (χ0) is 16.7. The number of nitrogens with zero attached hydrogens (tertiary/aromatic N) is 1. The van der Waals surface area contributed by atoms with Crippen molar-refractivity contribution in [2.24, 2.45) is 0 Å². The van der Waals surface area contributed by atoms with Crippen molar-refractivity contribution in [2.45, 2.75) is 29.9 Å². The molecule has 1 aromatic carbocycles. The largest absolute Gasteiger partial charge is 0.454 e. The van der Waals surface area contributed by atoms with Gasteiger partial charge in [-0.05, 0) is 48.6 Å². The van der Waals surface area contributed by atoms with E-state index < -0.39 is 10.0 Å². The number of rotatable bonds is 4. The standard InChI is InChI=1S/C17H19NO4S2/c1-2-14-4-6-17(23-14)24(19,20)18-8-7-13(10-18)12-3-5-15-16(9-12)22-11-21-15/h3-6,9,13H,2,7-8,10-11H2,1H3. The molecule has 0 N–H and O–H groups in total. The summed E-state index contributed by atoms with van der Waals surface area (Å²) in [5.41, 5.74) is 1.11. The van der Waals surface area contributed by atoms with E-state index in [1.165, 1.54) is 11.3 Å². The quantitative estimate of drug-likeness (QED) is 0.835. The predicted octanol–water partition coefficient (Wildman–Crippen LogP) is 3.22. The van der Waals surface area contributed by atoms with Gasteiger partial charge in [-0.1, -0.05) is 13.0 Å². The lowest BCUT2D eigenvalue weighted by Gasteiger charge is -2.15. The van der Waals surface area contributed by atoms with E-state index >= 15 is 0 Å². The number of aryl methyl sites for hydroxylation is 1. The number of hydrogen-bond donors (Lipinski definition) is 0. The zero-order valence-electron chi connectivity index (χ0n) is 13.4. The molecule has 5 nitrogen and oxygen atoms in total. The fourth-order valence-corrected chi connectivity index (χ4v) is 6.15. The Morgan fingerprint density at radius 3 is 2.83 bits per heavy atom. The van der Waals surface area contributed by atoms with Crippen LogP contribution in [0.25, 0.3) is 0 Å². The number of fused-ring (bicyclic) bond motifs is 1. The lowest BCUT2D eigenvalue weighted by atomic mass is 9.98. The van der Waals surface area contributed by atoms with Gasteiger partial charge in [-0.3, -0.25) is 0 Å². The van der Waals surface area contributed by atoms with Gasteiger partial charge in [0.2, 0.25) is 6.79 Å². The maximum absolute atomic E-state index is 12.8. The second-order valence-electron chi connectivity index (χ2n) is 6.04. The molecule has 1 fully saturated rings. The lowest BCUT2D eigenvalue weighted by Crippen LogP contribution is -2.28. The van der Waals surface area contributed by atoms with Crippen molar-refractivity contribution in [3.63, 3.8) is 0 Å². The third kappa shape index (κ3) is 2.70. The molecule has 1 aromatic heterocycles. The van der Waals surface area contributed by atoms with Crippen LogP contribution in [0, 0.1) is 0 Å². The van der Waals surface area contributed by atoms with Crippen LogP contribution >= 0.6 is 11.3 Å². The molecular formula is C17H19NO4S2. The molecule has 2 aromatic rings. The zero-order valence-corrected chi connectivity index (χ0v) is 15.0. The van der Waals surface area contributed by atoms with Crippen LogP contribution in [0.3, 0.4) is 0 Å². The van der Waals surface area contributed by atoms with Crippen LogP contribution in [0.15, 0.2) is 34.5 Å². The highest BCUT2D eigenvalue weighted by Gasteiger charge is 2.34. The molecule has 0 amide bonds. The van der Waals surface area contributed by atoms with Crippen molar-refractivity contribution in [3.05, 3.63) is 40.8 Å². The van der Waals surface area contributed by atoms with Gasteiger partial charge in [-0.15, -0.1) is 11.3 Å². The SMILES string of the molecule is CCc1ccc(S(=O)(=O)N2CCC(c3ccc4c(c3)OCO4)C2)s1. The van der Waals surface area contributed by atoms with E-state index in [1.54, 1.807) is 10.4 Å². The average Bonchev–Trinajstić information content (AvgIpc) is 3.32. The maximum atomic E-state index is 12.8. The van der Waals surface area contributed by atoms with Crippen LogP contribution < -0.4 is 9.47 Å². The molecule has 3 heterocycles. The van der Waals surface area contributed by atoms with Gasteiger partial charge < -0.3 is 9.47 Å². The molecule has 1 atom stereocenters. The third-order valence-electron chi connectivity index (χ3n) is 4.60. The Labute approximate surface area is 145 Å². The van der Waals surface area contributed by atoms with Crippen molar-refractivity contribution < 1.29 is 17.9 Å². The fraction of sp³-hybridized carbons (Fsp3) is 0.412. The molecule has 0 saturated carbocycles. The van der Waals surface area contributed by atoms with E-state index in [0.29, 0.717) is 17.3 Å². The molecule has 128 valence electrons. The summed E-state index contributed by atoms with van der Waals surface area (Å²) < 4.78 is 38.5. The van der Waals surface area contributed by atoms with Gasteiger partial charge in [0.15, 0.2) is 11.5 Å². The van der Waals surface area contributed by atoms with Gasteiger partial charge in [-0.25, -0.2) is 8.42 Å². The highest BCUT2D eigenvalue weighted by Crippen LogP contribution is 2.38. The van der Waals surface area contributed by atoms with Crippen molar-refractivity contribution in [2.75, 3.05) is 19.9 Å². The lowest BCUT2D eigenvalue weighted by molar-refractivity contribution is 0.174. The molecule has 0 spiro atoms. The van der Waals surface area contributed by atoms with Crippen LogP contribution in [0.5, 0.6) is 11.5 Å². The average molecular weight is 365 g/mol. The number of thiophene rings is 1. The molecule has 4 rings (SSSR count). The van der Waals surface area contributed by atoms with Crippen molar-refractivity contribution in [1.29, 1.82) is 0 Å². The maximum Gasteiger partial charge on any atom is 0.252 e. The summed E-state index contributed by atoms with van der Waals surface area (Å²) in [7, 11) is -3.38. The summed E-state index contributed by atoms with van der Waals surface area (Å²) in [5, 5.41) is 0. The first kappa shape index (κ1) is 15.9. The number of ether oxygens (including phenoxy) is 2. The van der Waals surface area contributed by atoms with Gasteiger partial charge in [-0.2, -0.15) is 4.31 Å². The highest BCUT2D eigenvalue weighted by molar-refractivity contribution is 7.91. The van der Waals surface area contributed by atoms with Gasteiger partial charge in [0, 0.05) is 18.0 Å². The number of hydrogen-bond acceptors (Lipinski definition) is 5. The van der Waals surface area contributed by atoms with E-state index in [1.807, 2.05) is 31.2 Å². The van der Waals surface area contributed by atoms with Crippen molar-refractivity contribution in [3.8, 4) is 11.5 Å². The molecule has 1 unspecified atom stereocenters. The topological polar surface area (TPSA) is 55.8 Å². The summed E-state index contributed by atoms with van der Waals surface area (Å²) in [6, 6.07) is 9.52. The second kappa shape index (κ2) is 6.06. The smallest absolute Gasteiger partial charge is 0.252 e. The minimum Gasteiger partial charge on any atom is -0.454 e. The molecule has 0 radical (unpaired) electrons. The summed E-state index contributed by atoms with van der Waals surface area (Å²) >= 11 is 1.37. The molecule has 2 aliphatic heterocycles. The van der Waals surface area contributed by atoms with E-state index in [4.69, 9.17) is 9.47 Å². The summed E-state index contributed by atoms with van der Waals surface area (Å²) in [4.78, 5) is 1.10. The Kier molecular flexibility index (Phi) is 4.02. The van der Waals surface area contributed by atoms with Crippen LogP contribution in [0.2, 0.25) is 0 Å². The molecule has 1 saturated heterocycles. The second-order valence-corrected chi connectivity index (χ2v) is 9.37. The minimum atomic E-state index is -3.38. The van der Waals surface area contributed by atoms with Gasteiger partial charge >= 0.3 is 0 Å². The van der Waals surface area contributed by atoms with E-state index in [9.17, 15) is 8.42 Å². The Hall–Kier alpha value is -1.57. The highest BCUT2D eigenvalue weighted by atomic mass is 32.2. The molecule has 7 heteroatoms. The van der Waals surface area contributed by atoms with Crippen molar-refractivity contribution >= 4 is 21.4 Å². The minimum absolute atomic E-state index is 0.194.